The molecule has 3 rings (SSSR count). The molecule has 0 aromatic heterocycles. The van der Waals surface area contributed by atoms with Gasteiger partial charge in [0.25, 0.3) is 0 Å². The average Bonchev–Trinajstić information content (AvgIpc) is 3.03. The molecule has 0 amide bonds. The van der Waals surface area contributed by atoms with Crippen molar-refractivity contribution in [2.24, 2.45) is 17.3 Å². The summed E-state index contributed by atoms with van der Waals surface area (Å²) in [4.78, 5) is 11.0. The monoisotopic (exact) mass is 378 g/mol. The second-order valence-electron chi connectivity index (χ2n) is 8.94. The van der Waals surface area contributed by atoms with Gasteiger partial charge in [-0.1, -0.05) is 94.0 Å². The van der Waals surface area contributed by atoms with E-state index in [-0.39, 0.29) is 5.41 Å². The molecule has 0 saturated carbocycles. The number of carboxylic acids is 1. The van der Waals surface area contributed by atoms with Crippen LogP contribution in [0.1, 0.15) is 81.6 Å². The van der Waals surface area contributed by atoms with E-state index >= 15 is 0 Å². The quantitative estimate of drug-likeness (QED) is 0.381. The fourth-order valence-electron chi connectivity index (χ4n) is 4.88. The fourth-order valence-corrected chi connectivity index (χ4v) is 4.88. The van der Waals surface area contributed by atoms with Crippen LogP contribution in [0.25, 0.3) is 6.08 Å². The number of hydrogen-bond acceptors (Lipinski definition) is 1. The Morgan fingerprint density at radius 3 is 2.61 bits per heavy atom. The lowest BCUT2D eigenvalue weighted by atomic mass is 9.77. The summed E-state index contributed by atoms with van der Waals surface area (Å²) in [5.41, 5.74) is 4.96. The van der Waals surface area contributed by atoms with Crippen molar-refractivity contribution in [3.05, 3.63) is 64.8 Å². The molecule has 0 heterocycles. The van der Waals surface area contributed by atoms with E-state index in [2.05, 4.69) is 45.1 Å². The Morgan fingerprint density at radius 2 is 1.93 bits per heavy atom. The maximum absolute atomic E-state index is 11.0. The van der Waals surface area contributed by atoms with E-state index in [1.165, 1.54) is 32.1 Å². The van der Waals surface area contributed by atoms with E-state index < -0.39 is 5.97 Å². The first-order valence-corrected chi connectivity index (χ1v) is 10.8. The maximum atomic E-state index is 11.0. The van der Waals surface area contributed by atoms with Crippen LogP contribution in [0.5, 0.6) is 0 Å². The summed E-state index contributed by atoms with van der Waals surface area (Å²) in [5, 5.41) is 9.07. The van der Waals surface area contributed by atoms with Crippen LogP contribution in [0.4, 0.5) is 0 Å². The number of hydrogen-bond donors (Lipinski definition) is 1. The van der Waals surface area contributed by atoms with Gasteiger partial charge in [0.2, 0.25) is 0 Å². The standard InChI is InChI=1S/C26H34O2/c1-4-5-6-7-9-22-21(18-24-23(22)10-8-17-26(24,2)3)16-13-19-11-14-20(15-12-19)25(27)28/h8,11-17,21-22H,4-7,9-10,18H2,1-3H3,(H,27,28)/b16-13+. The van der Waals surface area contributed by atoms with Crippen molar-refractivity contribution in [2.45, 2.75) is 65.7 Å². The van der Waals surface area contributed by atoms with Gasteiger partial charge in [-0.25, -0.2) is 4.79 Å². The number of carbonyl (C=O) groups is 1. The van der Waals surface area contributed by atoms with Crippen molar-refractivity contribution in [2.75, 3.05) is 0 Å². The predicted molar refractivity (Wildman–Crippen MR) is 117 cm³/mol. The molecule has 2 nitrogen and oxygen atoms in total. The minimum Gasteiger partial charge on any atom is -0.478 e. The number of allylic oxidation sites excluding steroid dienone is 5. The van der Waals surface area contributed by atoms with Crippen LogP contribution in [-0.2, 0) is 0 Å². The van der Waals surface area contributed by atoms with Crippen LogP contribution in [0, 0.1) is 17.3 Å². The highest BCUT2D eigenvalue weighted by atomic mass is 16.4. The molecular formula is C26H34O2. The molecule has 2 heteroatoms. The molecule has 150 valence electrons. The van der Waals surface area contributed by atoms with Crippen molar-refractivity contribution in [1.82, 2.24) is 0 Å². The van der Waals surface area contributed by atoms with Crippen LogP contribution < -0.4 is 0 Å². The van der Waals surface area contributed by atoms with E-state index in [4.69, 9.17) is 5.11 Å². The van der Waals surface area contributed by atoms with Gasteiger partial charge in [0.05, 0.1) is 5.56 Å². The van der Waals surface area contributed by atoms with Crippen molar-refractivity contribution < 1.29 is 9.90 Å². The molecule has 0 aliphatic heterocycles. The number of rotatable bonds is 8. The third-order valence-electron chi connectivity index (χ3n) is 6.50. The first-order chi connectivity index (χ1) is 13.4. The van der Waals surface area contributed by atoms with Crippen molar-refractivity contribution >= 4 is 12.0 Å². The van der Waals surface area contributed by atoms with E-state index in [0.29, 0.717) is 17.4 Å². The Hall–Kier alpha value is -2.09. The second kappa shape index (κ2) is 8.94. The van der Waals surface area contributed by atoms with E-state index in [9.17, 15) is 4.79 Å². The summed E-state index contributed by atoms with van der Waals surface area (Å²) in [5.74, 6) is 0.348. The third-order valence-corrected chi connectivity index (χ3v) is 6.50. The largest absolute Gasteiger partial charge is 0.478 e. The Kier molecular flexibility index (Phi) is 6.59. The Labute approximate surface area is 170 Å². The number of benzene rings is 1. The topological polar surface area (TPSA) is 37.3 Å². The maximum Gasteiger partial charge on any atom is 0.335 e. The lowest BCUT2D eigenvalue weighted by molar-refractivity contribution is 0.0697. The number of aromatic carboxylic acids is 1. The lowest BCUT2D eigenvalue weighted by Gasteiger charge is -2.28. The van der Waals surface area contributed by atoms with Crippen molar-refractivity contribution in [1.29, 1.82) is 0 Å². The Morgan fingerprint density at radius 1 is 1.18 bits per heavy atom. The van der Waals surface area contributed by atoms with Crippen LogP contribution in [-0.4, -0.2) is 11.1 Å². The van der Waals surface area contributed by atoms with Gasteiger partial charge in [0.1, 0.15) is 0 Å². The molecule has 2 atom stereocenters. The summed E-state index contributed by atoms with van der Waals surface area (Å²) in [6.07, 6.45) is 18.2. The van der Waals surface area contributed by atoms with Gasteiger partial charge in [-0.15, -0.1) is 0 Å². The van der Waals surface area contributed by atoms with Gasteiger partial charge in [0, 0.05) is 5.41 Å². The molecule has 2 aliphatic carbocycles. The van der Waals surface area contributed by atoms with Gasteiger partial charge in [-0.3, -0.25) is 0 Å². The highest BCUT2D eigenvalue weighted by molar-refractivity contribution is 5.87. The highest BCUT2D eigenvalue weighted by Gasteiger charge is 2.38. The van der Waals surface area contributed by atoms with Crippen LogP contribution in [0.2, 0.25) is 0 Å². The van der Waals surface area contributed by atoms with E-state index in [1.807, 2.05) is 12.1 Å². The highest BCUT2D eigenvalue weighted by Crippen LogP contribution is 2.51. The molecular weight excluding hydrogens is 344 g/mol. The average molecular weight is 379 g/mol. The minimum absolute atomic E-state index is 0.182. The predicted octanol–water partition coefficient (Wildman–Crippen LogP) is 7.29. The number of carboxylic acid groups (broad SMARTS) is 1. The third kappa shape index (κ3) is 4.66. The van der Waals surface area contributed by atoms with Gasteiger partial charge in [-0.2, -0.15) is 0 Å². The summed E-state index contributed by atoms with van der Waals surface area (Å²) in [6, 6.07) is 7.19. The van der Waals surface area contributed by atoms with Crippen LogP contribution in [0.3, 0.4) is 0 Å². The van der Waals surface area contributed by atoms with Gasteiger partial charge >= 0.3 is 5.97 Å². The second-order valence-corrected chi connectivity index (χ2v) is 8.94. The SMILES string of the molecule is CCCCCCC1C2=C(CC1/C=C/c1ccc(C(=O)O)cc1)C(C)(C)C=CC2. The van der Waals surface area contributed by atoms with Gasteiger partial charge < -0.3 is 5.11 Å². The molecule has 1 aromatic carbocycles. The molecule has 2 aliphatic rings. The van der Waals surface area contributed by atoms with E-state index in [1.54, 1.807) is 23.3 Å². The molecule has 0 bridgehead atoms. The van der Waals surface area contributed by atoms with Gasteiger partial charge in [-0.05, 0) is 48.8 Å². The Bertz CT molecular complexity index is 777. The van der Waals surface area contributed by atoms with Gasteiger partial charge in [0.15, 0.2) is 0 Å². The molecule has 2 unspecified atom stereocenters. The summed E-state index contributed by atoms with van der Waals surface area (Å²) >= 11 is 0. The molecule has 0 fully saturated rings. The Balaban J connectivity index is 1.75. The number of unbranched alkanes of at least 4 members (excludes halogenated alkanes) is 3. The van der Waals surface area contributed by atoms with Crippen LogP contribution >= 0.6 is 0 Å². The molecule has 28 heavy (non-hydrogen) atoms. The minimum atomic E-state index is -0.870. The molecule has 0 radical (unpaired) electrons. The first-order valence-electron chi connectivity index (χ1n) is 10.8. The molecule has 0 spiro atoms. The zero-order valence-electron chi connectivity index (χ0n) is 17.6. The zero-order valence-corrected chi connectivity index (χ0v) is 17.6. The summed E-state index contributed by atoms with van der Waals surface area (Å²) in [7, 11) is 0. The smallest absolute Gasteiger partial charge is 0.335 e. The molecule has 1 N–H and O–H groups in total. The van der Waals surface area contributed by atoms with Crippen molar-refractivity contribution in [3.8, 4) is 0 Å². The molecule has 1 aromatic rings. The van der Waals surface area contributed by atoms with Crippen LogP contribution in [0.15, 0.2) is 53.6 Å². The lowest BCUT2D eigenvalue weighted by Crippen LogP contribution is -2.15. The summed E-state index contributed by atoms with van der Waals surface area (Å²) in [6.45, 7) is 6.97. The fraction of sp³-hybridized carbons (Fsp3) is 0.500. The normalized spacial score (nSPS) is 23.4. The molecule has 0 saturated heterocycles. The zero-order chi connectivity index (χ0) is 20.1. The van der Waals surface area contributed by atoms with Crippen molar-refractivity contribution in [3.63, 3.8) is 0 Å². The summed E-state index contributed by atoms with van der Waals surface area (Å²) < 4.78 is 0. The first kappa shape index (κ1) is 20.6. The van der Waals surface area contributed by atoms with E-state index in [0.717, 1.165) is 18.4 Å².